The number of likely N-dealkylation sites (tertiary alicyclic amines) is 1. The third-order valence-electron chi connectivity index (χ3n) is 4.46. The van der Waals surface area contributed by atoms with Gasteiger partial charge in [-0.15, -0.1) is 0 Å². The number of nitrogens with zero attached hydrogens (tertiary/aromatic N) is 1. The van der Waals surface area contributed by atoms with Crippen LogP contribution in [-0.2, 0) is 16.6 Å². The second-order valence-electron chi connectivity index (χ2n) is 6.74. The topological polar surface area (TPSA) is 49.4 Å². The highest BCUT2D eigenvalue weighted by Gasteiger charge is 2.21. The maximum atomic E-state index is 11.2. The molecule has 1 fully saturated rings. The van der Waals surface area contributed by atoms with E-state index in [0.29, 0.717) is 12.5 Å². The molecule has 0 unspecified atom stereocenters. The van der Waals surface area contributed by atoms with Gasteiger partial charge in [0.05, 0.1) is 6.26 Å². The van der Waals surface area contributed by atoms with E-state index in [1.54, 1.807) is 0 Å². The van der Waals surface area contributed by atoms with Crippen molar-refractivity contribution in [3.63, 3.8) is 0 Å². The van der Waals surface area contributed by atoms with Crippen LogP contribution in [0.3, 0.4) is 0 Å². The van der Waals surface area contributed by atoms with E-state index < -0.39 is 10.0 Å². The van der Waals surface area contributed by atoms with Crippen molar-refractivity contribution in [3.05, 3.63) is 34.4 Å². The average molecular weight is 324 g/mol. The Labute approximate surface area is 135 Å². The Morgan fingerprint density at radius 2 is 1.86 bits per heavy atom. The SMILES string of the molecule is Cc1cc(C)c(CN2CCC[C@@H](CNS(C)(=O)=O)C2)c(C)c1. The fourth-order valence-corrected chi connectivity index (χ4v) is 3.95. The molecule has 1 atom stereocenters. The van der Waals surface area contributed by atoms with Crippen molar-refractivity contribution in [1.29, 1.82) is 0 Å². The fourth-order valence-electron chi connectivity index (χ4n) is 3.41. The van der Waals surface area contributed by atoms with E-state index >= 15 is 0 Å². The number of hydrogen-bond acceptors (Lipinski definition) is 3. The van der Waals surface area contributed by atoms with Gasteiger partial charge in [0.2, 0.25) is 10.0 Å². The zero-order valence-corrected chi connectivity index (χ0v) is 15.0. The molecule has 0 radical (unpaired) electrons. The summed E-state index contributed by atoms with van der Waals surface area (Å²) in [6.07, 6.45) is 3.47. The summed E-state index contributed by atoms with van der Waals surface area (Å²) in [6.45, 7) is 10.1. The summed E-state index contributed by atoms with van der Waals surface area (Å²) >= 11 is 0. The summed E-state index contributed by atoms with van der Waals surface area (Å²) < 4.78 is 25.1. The van der Waals surface area contributed by atoms with E-state index in [1.165, 1.54) is 28.5 Å². The molecule has 0 spiro atoms. The normalized spacial score (nSPS) is 20.3. The average Bonchev–Trinajstić information content (AvgIpc) is 2.40. The van der Waals surface area contributed by atoms with Crippen LogP contribution < -0.4 is 4.72 Å². The Balaban J connectivity index is 1.99. The van der Waals surface area contributed by atoms with Gasteiger partial charge in [0, 0.05) is 19.6 Å². The van der Waals surface area contributed by atoms with Crippen LogP contribution in [0.2, 0.25) is 0 Å². The predicted octanol–water partition coefficient (Wildman–Crippen LogP) is 2.37. The minimum atomic E-state index is -3.09. The van der Waals surface area contributed by atoms with Gasteiger partial charge in [-0.2, -0.15) is 0 Å². The van der Waals surface area contributed by atoms with Crippen LogP contribution in [0, 0.1) is 26.7 Å². The fraction of sp³-hybridized carbons (Fsp3) is 0.647. The first kappa shape index (κ1) is 17.4. The summed E-state index contributed by atoms with van der Waals surface area (Å²) in [5, 5.41) is 0. The molecule has 0 amide bonds. The molecule has 0 aliphatic carbocycles. The molecule has 4 nitrogen and oxygen atoms in total. The molecule has 1 aliphatic rings. The molecule has 1 heterocycles. The van der Waals surface area contributed by atoms with Crippen LogP contribution in [0.4, 0.5) is 0 Å². The lowest BCUT2D eigenvalue weighted by Crippen LogP contribution is -2.40. The third-order valence-corrected chi connectivity index (χ3v) is 5.15. The van der Waals surface area contributed by atoms with Gasteiger partial charge >= 0.3 is 0 Å². The molecule has 2 rings (SSSR count). The van der Waals surface area contributed by atoms with Gasteiger partial charge in [-0.1, -0.05) is 17.7 Å². The van der Waals surface area contributed by atoms with Crippen LogP contribution in [0.15, 0.2) is 12.1 Å². The number of sulfonamides is 1. The van der Waals surface area contributed by atoms with Crippen molar-refractivity contribution < 1.29 is 8.42 Å². The van der Waals surface area contributed by atoms with Gasteiger partial charge < -0.3 is 0 Å². The molecule has 1 aromatic rings. The maximum absolute atomic E-state index is 11.2. The number of aryl methyl sites for hydroxylation is 3. The zero-order valence-electron chi connectivity index (χ0n) is 14.1. The smallest absolute Gasteiger partial charge is 0.208 e. The lowest BCUT2D eigenvalue weighted by atomic mass is 9.95. The summed E-state index contributed by atoms with van der Waals surface area (Å²) in [7, 11) is -3.09. The van der Waals surface area contributed by atoms with Crippen LogP contribution in [0.25, 0.3) is 0 Å². The Hall–Kier alpha value is -0.910. The van der Waals surface area contributed by atoms with E-state index in [9.17, 15) is 8.42 Å². The molecular formula is C17H28N2O2S. The van der Waals surface area contributed by atoms with Gasteiger partial charge in [0.1, 0.15) is 0 Å². The third kappa shape index (κ3) is 5.07. The molecule has 0 bridgehead atoms. The van der Waals surface area contributed by atoms with E-state index in [0.717, 1.165) is 32.5 Å². The second-order valence-corrected chi connectivity index (χ2v) is 8.57. The van der Waals surface area contributed by atoms with E-state index in [2.05, 4.69) is 42.5 Å². The Kier molecular flexibility index (Phi) is 5.64. The first-order chi connectivity index (χ1) is 10.2. The van der Waals surface area contributed by atoms with Crippen LogP contribution >= 0.6 is 0 Å². The molecule has 1 aromatic carbocycles. The highest BCUT2D eigenvalue weighted by molar-refractivity contribution is 7.88. The Morgan fingerprint density at radius 3 is 2.45 bits per heavy atom. The zero-order chi connectivity index (χ0) is 16.3. The van der Waals surface area contributed by atoms with Crippen LogP contribution in [0.5, 0.6) is 0 Å². The molecule has 22 heavy (non-hydrogen) atoms. The molecule has 124 valence electrons. The van der Waals surface area contributed by atoms with Gasteiger partial charge in [0.15, 0.2) is 0 Å². The maximum Gasteiger partial charge on any atom is 0.208 e. The molecule has 0 aromatic heterocycles. The molecule has 0 saturated carbocycles. The van der Waals surface area contributed by atoms with Crippen molar-refractivity contribution in [2.45, 2.75) is 40.2 Å². The number of piperidine rings is 1. The van der Waals surface area contributed by atoms with Crippen molar-refractivity contribution in [2.24, 2.45) is 5.92 Å². The van der Waals surface area contributed by atoms with Crippen molar-refractivity contribution in [1.82, 2.24) is 9.62 Å². The minimum Gasteiger partial charge on any atom is -0.299 e. The van der Waals surface area contributed by atoms with E-state index in [4.69, 9.17) is 0 Å². The second kappa shape index (κ2) is 7.11. The highest BCUT2D eigenvalue weighted by Crippen LogP contribution is 2.22. The highest BCUT2D eigenvalue weighted by atomic mass is 32.2. The van der Waals surface area contributed by atoms with Crippen LogP contribution in [-0.4, -0.2) is 39.2 Å². The number of benzene rings is 1. The van der Waals surface area contributed by atoms with Crippen molar-refractivity contribution >= 4 is 10.0 Å². The largest absolute Gasteiger partial charge is 0.299 e. The van der Waals surface area contributed by atoms with Gasteiger partial charge in [0.25, 0.3) is 0 Å². The summed E-state index contributed by atoms with van der Waals surface area (Å²) in [4.78, 5) is 2.46. The van der Waals surface area contributed by atoms with Gasteiger partial charge in [-0.05, 0) is 62.8 Å². The lowest BCUT2D eigenvalue weighted by Gasteiger charge is -2.33. The van der Waals surface area contributed by atoms with Crippen LogP contribution in [0.1, 0.15) is 35.1 Å². The van der Waals surface area contributed by atoms with Crippen molar-refractivity contribution in [3.8, 4) is 0 Å². The first-order valence-electron chi connectivity index (χ1n) is 7.98. The summed E-state index contributed by atoms with van der Waals surface area (Å²) in [5.74, 6) is 0.412. The quantitative estimate of drug-likeness (QED) is 0.904. The Morgan fingerprint density at radius 1 is 1.23 bits per heavy atom. The summed E-state index contributed by atoms with van der Waals surface area (Å²) in [6, 6.07) is 4.49. The number of rotatable bonds is 5. The first-order valence-corrected chi connectivity index (χ1v) is 9.87. The van der Waals surface area contributed by atoms with Gasteiger partial charge in [-0.25, -0.2) is 13.1 Å². The molecular weight excluding hydrogens is 296 g/mol. The standard InChI is InChI=1S/C17H28N2O2S/c1-13-8-14(2)17(15(3)9-13)12-19-7-5-6-16(11-19)10-18-22(4,20)21/h8-9,16,18H,5-7,10-12H2,1-4H3/t16-/m0/s1. The predicted molar refractivity (Wildman–Crippen MR) is 91.5 cm³/mol. The number of nitrogens with one attached hydrogen (secondary N) is 1. The molecule has 1 aliphatic heterocycles. The Bertz CT molecular complexity index is 603. The number of hydrogen-bond donors (Lipinski definition) is 1. The monoisotopic (exact) mass is 324 g/mol. The summed E-state index contributed by atoms with van der Waals surface area (Å²) in [5.41, 5.74) is 5.44. The van der Waals surface area contributed by atoms with Gasteiger partial charge in [-0.3, -0.25) is 4.90 Å². The van der Waals surface area contributed by atoms with E-state index in [-0.39, 0.29) is 0 Å². The molecule has 1 saturated heterocycles. The van der Waals surface area contributed by atoms with E-state index in [1.807, 2.05) is 0 Å². The lowest BCUT2D eigenvalue weighted by molar-refractivity contribution is 0.168. The molecule has 5 heteroatoms. The molecule has 1 N–H and O–H groups in total. The van der Waals surface area contributed by atoms with Crippen molar-refractivity contribution in [2.75, 3.05) is 25.9 Å². The minimum absolute atomic E-state index is 0.412.